The zero-order valence-corrected chi connectivity index (χ0v) is 15.8. The van der Waals surface area contributed by atoms with Gasteiger partial charge in [0, 0.05) is 5.92 Å². The molecule has 0 bridgehead atoms. The van der Waals surface area contributed by atoms with Crippen molar-refractivity contribution < 1.29 is 24.2 Å². The molecule has 1 aromatic rings. The van der Waals surface area contributed by atoms with Crippen molar-refractivity contribution in [3.8, 4) is 0 Å². The summed E-state index contributed by atoms with van der Waals surface area (Å²) in [4.78, 5) is 38.3. The Hall–Kier alpha value is -2.37. The number of aliphatic carboxylic acids is 1. The van der Waals surface area contributed by atoms with Crippen LogP contribution in [0.3, 0.4) is 0 Å². The maximum Gasteiger partial charge on any atom is 0.418 e. The number of ether oxygens (including phenoxy) is 1. The molecule has 26 heavy (non-hydrogen) atoms. The number of rotatable bonds is 5. The van der Waals surface area contributed by atoms with E-state index in [1.807, 2.05) is 30.3 Å². The molecule has 6 nitrogen and oxygen atoms in total. The number of amides is 2. The number of imide groups is 1. The summed E-state index contributed by atoms with van der Waals surface area (Å²) >= 11 is 0. The van der Waals surface area contributed by atoms with Crippen LogP contribution < -0.4 is 0 Å². The Morgan fingerprint density at radius 2 is 1.88 bits per heavy atom. The second-order valence-corrected chi connectivity index (χ2v) is 7.77. The molecule has 0 aromatic heterocycles. The minimum atomic E-state index is -1.54. The third-order valence-corrected chi connectivity index (χ3v) is 4.77. The fourth-order valence-electron chi connectivity index (χ4n) is 3.40. The van der Waals surface area contributed by atoms with Crippen molar-refractivity contribution in [2.75, 3.05) is 0 Å². The van der Waals surface area contributed by atoms with E-state index >= 15 is 0 Å². The first-order valence-electron chi connectivity index (χ1n) is 8.95. The zero-order chi connectivity index (χ0) is 19.5. The molecule has 1 heterocycles. The first-order valence-corrected chi connectivity index (χ1v) is 8.95. The van der Waals surface area contributed by atoms with Gasteiger partial charge in [-0.25, -0.2) is 14.5 Å². The van der Waals surface area contributed by atoms with Crippen molar-refractivity contribution in [1.82, 2.24) is 4.90 Å². The summed E-state index contributed by atoms with van der Waals surface area (Å²) in [6.07, 6.45) is 0.531. The van der Waals surface area contributed by atoms with E-state index in [1.54, 1.807) is 27.7 Å². The van der Waals surface area contributed by atoms with Crippen LogP contribution in [0, 0.1) is 5.92 Å². The Balaban J connectivity index is 2.25. The lowest BCUT2D eigenvalue weighted by Crippen LogP contribution is -2.55. The maximum absolute atomic E-state index is 12.9. The molecule has 1 aromatic carbocycles. The topological polar surface area (TPSA) is 83.9 Å². The predicted octanol–water partition coefficient (Wildman–Crippen LogP) is 3.64. The van der Waals surface area contributed by atoms with Crippen LogP contribution in [0.4, 0.5) is 4.79 Å². The first kappa shape index (κ1) is 19.9. The van der Waals surface area contributed by atoms with Gasteiger partial charge in [0.1, 0.15) is 5.60 Å². The van der Waals surface area contributed by atoms with Gasteiger partial charge in [-0.2, -0.15) is 0 Å². The number of hydrogen-bond donors (Lipinski definition) is 1. The summed E-state index contributed by atoms with van der Waals surface area (Å²) in [6, 6.07) is 9.70. The molecule has 2 rings (SSSR count). The van der Waals surface area contributed by atoms with E-state index in [-0.39, 0.29) is 12.8 Å². The van der Waals surface area contributed by atoms with Crippen LogP contribution >= 0.6 is 0 Å². The average Bonchev–Trinajstić information content (AvgIpc) is 2.85. The van der Waals surface area contributed by atoms with E-state index in [0.29, 0.717) is 12.8 Å². The van der Waals surface area contributed by atoms with Crippen molar-refractivity contribution in [2.24, 2.45) is 5.92 Å². The molecular formula is C20H27NO5. The van der Waals surface area contributed by atoms with Crippen molar-refractivity contribution in [1.29, 1.82) is 0 Å². The van der Waals surface area contributed by atoms with Crippen LogP contribution in [0.1, 0.15) is 52.5 Å². The van der Waals surface area contributed by atoms with Gasteiger partial charge in [-0.1, -0.05) is 37.3 Å². The molecule has 1 saturated heterocycles. The molecule has 0 radical (unpaired) electrons. The second kappa shape index (κ2) is 7.48. The molecule has 0 aliphatic carbocycles. The normalized spacial score (nSPS) is 23.2. The molecule has 1 fully saturated rings. The van der Waals surface area contributed by atoms with Gasteiger partial charge in [-0.3, -0.25) is 4.79 Å². The van der Waals surface area contributed by atoms with Gasteiger partial charge in [0.25, 0.3) is 0 Å². The number of carboxylic acid groups (broad SMARTS) is 1. The molecule has 142 valence electrons. The number of carboxylic acids is 1. The van der Waals surface area contributed by atoms with E-state index in [1.165, 1.54) is 0 Å². The molecule has 1 aliphatic heterocycles. The van der Waals surface area contributed by atoms with Gasteiger partial charge in [-0.15, -0.1) is 0 Å². The van der Waals surface area contributed by atoms with Crippen LogP contribution in [0.2, 0.25) is 0 Å². The quantitative estimate of drug-likeness (QED) is 0.866. The van der Waals surface area contributed by atoms with Gasteiger partial charge in [0.15, 0.2) is 5.54 Å². The van der Waals surface area contributed by atoms with Gasteiger partial charge >= 0.3 is 12.1 Å². The largest absolute Gasteiger partial charge is 0.479 e. The smallest absolute Gasteiger partial charge is 0.418 e. The summed E-state index contributed by atoms with van der Waals surface area (Å²) < 4.78 is 5.31. The molecule has 2 atom stereocenters. The van der Waals surface area contributed by atoms with Crippen LogP contribution in [0.25, 0.3) is 0 Å². The summed E-state index contributed by atoms with van der Waals surface area (Å²) in [6.45, 7) is 6.74. The molecule has 1 aliphatic rings. The van der Waals surface area contributed by atoms with Gasteiger partial charge in [-0.05, 0) is 52.0 Å². The van der Waals surface area contributed by atoms with Gasteiger partial charge in [0.05, 0.1) is 0 Å². The predicted molar refractivity (Wildman–Crippen MR) is 96.6 cm³/mol. The lowest BCUT2D eigenvalue weighted by molar-refractivity contribution is -0.153. The Morgan fingerprint density at radius 3 is 2.38 bits per heavy atom. The van der Waals surface area contributed by atoms with Crippen LogP contribution in [0.5, 0.6) is 0 Å². The number of aryl methyl sites for hydroxylation is 1. The molecular weight excluding hydrogens is 334 g/mol. The molecule has 0 unspecified atom stereocenters. The van der Waals surface area contributed by atoms with Crippen LogP contribution in [0.15, 0.2) is 30.3 Å². The lowest BCUT2D eigenvalue weighted by atomic mass is 9.87. The number of hydrogen-bond acceptors (Lipinski definition) is 4. The number of carbonyl (C=O) groups is 3. The molecule has 6 heteroatoms. The van der Waals surface area contributed by atoms with Crippen molar-refractivity contribution in [3.63, 3.8) is 0 Å². The Morgan fingerprint density at radius 1 is 1.27 bits per heavy atom. The van der Waals surface area contributed by atoms with Crippen molar-refractivity contribution >= 4 is 18.0 Å². The highest BCUT2D eigenvalue weighted by molar-refractivity contribution is 6.02. The number of benzene rings is 1. The molecule has 1 N–H and O–H groups in total. The summed E-state index contributed by atoms with van der Waals surface area (Å²) in [5.74, 6) is -2.14. The third kappa shape index (κ3) is 4.06. The van der Waals surface area contributed by atoms with Crippen LogP contribution in [-0.2, 0) is 20.7 Å². The zero-order valence-electron chi connectivity index (χ0n) is 15.8. The molecule has 0 spiro atoms. The number of likely N-dealkylation sites (tertiary alicyclic amines) is 1. The fraction of sp³-hybridized carbons (Fsp3) is 0.550. The van der Waals surface area contributed by atoms with E-state index < -0.39 is 35.0 Å². The van der Waals surface area contributed by atoms with Crippen molar-refractivity contribution in [2.45, 2.75) is 64.5 Å². The van der Waals surface area contributed by atoms with E-state index in [0.717, 1.165) is 10.5 Å². The Bertz CT molecular complexity index is 679. The highest BCUT2D eigenvalue weighted by Crippen LogP contribution is 2.40. The summed E-state index contributed by atoms with van der Waals surface area (Å²) in [5, 5.41) is 9.80. The first-order chi connectivity index (χ1) is 12.1. The SMILES string of the molecule is CC[C@@]1(C(=O)O)C[C@@H](CCc2ccccc2)C(=O)N1C(=O)OC(C)(C)C. The average molecular weight is 361 g/mol. The monoisotopic (exact) mass is 361 g/mol. The van der Waals surface area contributed by atoms with E-state index in [2.05, 4.69) is 0 Å². The third-order valence-electron chi connectivity index (χ3n) is 4.77. The van der Waals surface area contributed by atoms with E-state index in [4.69, 9.17) is 4.74 Å². The summed E-state index contributed by atoms with van der Waals surface area (Å²) in [5.41, 5.74) is -1.27. The lowest BCUT2D eigenvalue weighted by Gasteiger charge is -2.33. The maximum atomic E-state index is 12.9. The van der Waals surface area contributed by atoms with Gasteiger partial charge in [0.2, 0.25) is 5.91 Å². The standard InChI is InChI=1S/C20H27NO5/c1-5-20(17(23)24)13-15(12-11-14-9-7-6-8-10-14)16(22)21(20)18(25)26-19(2,3)4/h6-10,15H,5,11-13H2,1-4H3,(H,23,24)/t15-,20+/m1/s1. The second-order valence-electron chi connectivity index (χ2n) is 7.77. The number of nitrogens with zero attached hydrogens (tertiary/aromatic N) is 1. The fourth-order valence-corrected chi connectivity index (χ4v) is 3.40. The Labute approximate surface area is 154 Å². The highest BCUT2D eigenvalue weighted by Gasteiger charge is 2.58. The van der Waals surface area contributed by atoms with Crippen LogP contribution in [-0.4, -0.2) is 39.1 Å². The summed E-state index contributed by atoms with van der Waals surface area (Å²) in [7, 11) is 0. The Kier molecular flexibility index (Phi) is 5.74. The van der Waals surface area contributed by atoms with E-state index in [9.17, 15) is 19.5 Å². The molecule has 2 amide bonds. The number of carbonyl (C=O) groups excluding carboxylic acids is 2. The highest BCUT2D eigenvalue weighted by atomic mass is 16.6. The molecule has 0 saturated carbocycles. The van der Waals surface area contributed by atoms with Gasteiger partial charge < -0.3 is 9.84 Å². The minimum absolute atomic E-state index is 0.115. The van der Waals surface area contributed by atoms with Crippen molar-refractivity contribution in [3.05, 3.63) is 35.9 Å². The minimum Gasteiger partial charge on any atom is -0.479 e.